The first-order chi connectivity index (χ1) is 14.8. The number of benzene rings is 2. The van der Waals surface area contributed by atoms with E-state index in [1.807, 2.05) is 6.07 Å². The summed E-state index contributed by atoms with van der Waals surface area (Å²) in [6.45, 7) is 2.49. The molecule has 3 aromatic rings. The Morgan fingerprint density at radius 2 is 1.90 bits per heavy atom. The van der Waals surface area contributed by atoms with Gasteiger partial charge in [0.05, 0.1) is 12.2 Å². The van der Waals surface area contributed by atoms with E-state index in [0.717, 1.165) is 12.0 Å². The molecule has 0 N–H and O–H groups in total. The molecule has 7 nitrogen and oxygen atoms in total. The maximum Gasteiger partial charge on any atom is 0.283 e. The second-order valence-corrected chi connectivity index (χ2v) is 9.79. The number of aromatic nitrogens is 2. The zero-order chi connectivity index (χ0) is 22.2. The van der Waals surface area contributed by atoms with Crippen LogP contribution in [0.2, 0.25) is 5.02 Å². The monoisotopic (exact) mass is 458 g/mol. The van der Waals surface area contributed by atoms with Crippen LogP contribution in [0.5, 0.6) is 0 Å². The molecule has 1 amide bonds. The summed E-state index contributed by atoms with van der Waals surface area (Å²) in [5, 5.41) is 0.553. The highest BCUT2D eigenvalue weighted by molar-refractivity contribution is 7.92. The molecule has 162 valence electrons. The number of rotatable bonds is 6. The highest BCUT2D eigenvalue weighted by atomic mass is 35.5. The molecule has 9 heteroatoms. The van der Waals surface area contributed by atoms with Crippen LogP contribution in [0, 0.1) is 6.92 Å². The van der Waals surface area contributed by atoms with Gasteiger partial charge in [-0.2, -0.15) is 8.42 Å². The van der Waals surface area contributed by atoms with Crippen LogP contribution in [0.15, 0.2) is 59.8 Å². The van der Waals surface area contributed by atoms with E-state index in [4.69, 9.17) is 11.6 Å². The van der Waals surface area contributed by atoms with E-state index < -0.39 is 10.0 Å². The normalized spacial score (nSPS) is 14.3. The molecule has 4 rings (SSSR count). The van der Waals surface area contributed by atoms with Gasteiger partial charge in [0.1, 0.15) is 5.82 Å². The number of halogens is 1. The topological polar surface area (TPSA) is 75.5 Å². The van der Waals surface area contributed by atoms with Gasteiger partial charge in [0.25, 0.3) is 10.0 Å². The van der Waals surface area contributed by atoms with Crippen LogP contribution in [0.3, 0.4) is 0 Å². The molecule has 1 saturated heterocycles. The summed E-state index contributed by atoms with van der Waals surface area (Å²) in [4.78, 5) is 18.1. The standard InChI is InChI=1S/C22H23ClN4O3S/c1-16-24-21(15-25(16)2)31(29,30)27(14-17-8-10-18(23)11-9-17)20-6-3-5-19(13-20)26-12-4-7-22(26)28/h3,5-6,8-11,13,15H,4,7,12,14H2,1-2H3. The Bertz CT molecular complexity index is 1200. The van der Waals surface area contributed by atoms with Gasteiger partial charge in [-0.25, -0.2) is 4.98 Å². The van der Waals surface area contributed by atoms with Gasteiger partial charge in [-0.1, -0.05) is 29.8 Å². The quantitative estimate of drug-likeness (QED) is 0.561. The minimum Gasteiger partial charge on any atom is -0.337 e. The SMILES string of the molecule is Cc1nc(S(=O)(=O)N(Cc2ccc(Cl)cc2)c2cccc(N3CCCC3=O)c2)cn1C. The Labute approximate surface area is 186 Å². The zero-order valence-corrected chi connectivity index (χ0v) is 18.9. The summed E-state index contributed by atoms with van der Waals surface area (Å²) >= 11 is 6.00. The molecule has 0 aliphatic carbocycles. The van der Waals surface area contributed by atoms with Crippen LogP contribution in [0.4, 0.5) is 11.4 Å². The second-order valence-electron chi connectivity index (χ2n) is 7.54. The molecule has 31 heavy (non-hydrogen) atoms. The molecule has 0 spiro atoms. The summed E-state index contributed by atoms with van der Waals surface area (Å²) < 4.78 is 30.2. The molecular weight excluding hydrogens is 436 g/mol. The average molecular weight is 459 g/mol. The van der Waals surface area contributed by atoms with Crippen molar-refractivity contribution < 1.29 is 13.2 Å². The van der Waals surface area contributed by atoms with E-state index >= 15 is 0 Å². The summed E-state index contributed by atoms with van der Waals surface area (Å²) in [6.07, 6.45) is 2.81. The van der Waals surface area contributed by atoms with E-state index in [-0.39, 0.29) is 17.5 Å². The van der Waals surface area contributed by atoms with Crippen molar-refractivity contribution in [2.75, 3.05) is 15.7 Å². The Morgan fingerprint density at radius 1 is 1.16 bits per heavy atom. The molecule has 0 saturated carbocycles. The first-order valence-electron chi connectivity index (χ1n) is 9.93. The van der Waals surface area contributed by atoms with Gasteiger partial charge in [-0.15, -0.1) is 0 Å². The smallest absolute Gasteiger partial charge is 0.283 e. The van der Waals surface area contributed by atoms with E-state index in [0.29, 0.717) is 35.2 Å². The summed E-state index contributed by atoms with van der Waals surface area (Å²) in [5.74, 6) is 0.644. The number of sulfonamides is 1. The lowest BCUT2D eigenvalue weighted by molar-refractivity contribution is -0.117. The maximum atomic E-state index is 13.6. The number of carbonyl (C=O) groups excluding carboxylic acids is 1. The lowest BCUT2D eigenvalue weighted by Crippen LogP contribution is -2.31. The van der Waals surface area contributed by atoms with Crippen molar-refractivity contribution in [2.45, 2.75) is 31.3 Å². The average Bonchev–Trinajstić information content (AvgIpc) is 3.33. The largest absolute Gasteiger partial charge is 0.337 e. The minimum atomic E-state index is -3.95. The van der Waals surface area contributed by atoms with Crippen LogP contribution < -0.4 is 9.21 Å². The number of anilines is 2. The molecule has 0 radical (unpaired) electrons. The lowest BCUT2D eigenvalue weighted by Gasteiger charge is -2.25. The van der Waals surface area contributed by atoms with Crippen molar-refractivity contribution in [3.8, 4) is 0 Å². The summed E-state index contributed by atoms with van der Waals surface area (Å²) in [7, 11) is -2.20. The predicted molar refractivity (Wildman–Crippen MR) is 121 cm³/mol. The fraction of sp³-hybridized carbons (Fsp3) is 0.273. The van der Waals surface area contributed by atoms with E-state index in [1.165, 1.54) is 10.5 Å². The van der Waals surface area contributed by atoms with E-state index in [2.05, 4.69) is 4.98 Å². The number of amides is 1. The van der Waals surface area contributed by atoms with Crippen LogP contribution in [-0.4, -0.2) is 30.4 Å². The van der Waals surface area contributed by atoms with Gasteiger partial charge >= 0.3 is 0 Å². The number of hydrogen-bond donors (Lipinski definition) is 0. The van der Waals surface area contributed by atoms with Crippen molar-refractivity contribution in [3.05, 3.63) is 71.1 Å². The highest BCUT2D eigenvalue weighted by Crippen LogP contribution is 2.31. The fourth-order valence-electron chi connectivity index (χ4n) is 3.57. The second kappa shape index (κ2) is 8.36. The molecule has 1 aliphatic rings. The third-order valence-electron chi connectivity index (χ3n) is 5.38. The molecule has 0 atom stereocenters. The van der Waals surface area contributed by atoms with Crippen molar-refractivity contribution >= 4 is 38.9 Å². The molecule has 1 aliphatic heterocycles. The highest BCUT2D eigenvalue weighted by Gasteiger charge is 2.29. The van der Waals surface area contributed by atoms with Gasteiger partial charge in [-0.05, 0) is 49.2 Å². The third-order valence-corrected chi connectivity index (χ3v) is 7.28. The third kappa shape index (κ3) is 4.31. The van der Waals surface area contributed by atoms with Crippen LogP contribution in [0.1, 0.15) is 24.2 Å². The van der Waals surface area contributed by atoms with E-state index in [1.54, 1.807) is 65.9 Å². The summed E-state index contributed by atoms with van der Waals surface area (Å²) in [6, 6.07) is 14.1. The van der Waals surface area contributed by atoms with Gasteiger partial charge in [0.15, 0.2) is 5.03 Å². The first kappa shape index (κ1) is 21.4. The van der Waals surface area contributed by atoms with Gasteiger partial charge in [-0.3, -0.25) is 9.10 Å². The Kier molecular flexibility index (Phi) is 5.77. The van der Waals surface area contributed by atoms with Gasteiger partial charge in [0, 0.05) is 36.9 Å². The summed E-state index contributed by atoms with van der Waals surface area (Å²) in [5.41, 5.74) is 1.94. The molecule has 1 aromatic heterocycles. The first-order valence-corrected chi connectivity index (χ1v) is 11.7. The maximum absolute atomic E-state index is 13.6. The predicted octanol–water partition coefficient (Wildman–Crippen LogP) is 3.90. The Morgan fingerprint density at radius 3 is 2.52 bits per heavy atom. The van der Waals surface area contributed by atoms with Crippen molar-refractivity contribution in [3.63, 3.8) is 0 Å². The number of nitrogens with zero attached hydrogens (tertiary/aromatic N) is 4. The molecule has 2 heterocycles. The molecule has 1 fully saturated rings. The Balaban J connectivity index is 1.78. The number of carbonyl (C=O) groups is 1. The minimum absolute atomic E-state index is 0.0240. The van der Waals surface area contributed by atoms with Crippen molar-refractivity contribution in [1.82, 2.24) is 9.55 Å². The molecular formula is C22H23ClN4O3S. The Hall–Kier alpha value is -2.84. The van der Waals surface area contributed by atoms with Crippen LogP contribution in [-0.2, 0) is 28.4 Å². The van der Waals surface area contributed by atoms with Gasteiger partial charge < -0.3 is 9.47 Å². The van der Waals surface area contributed by atoms with Crippen molar-refractivity contribution in [1.29, 1.82) is 0 Å². The lowest BCUT2D eigenvalue weighted by atomic mass is 10.2. The number of hydrogen-bond acceptors (Lipinski definition) is 4. The molecule has 0 bridgehead atoms. The van der Waals surface area contributed by atoms with Crippen molar-refractivity contribution in [2.24, 2.45) is 7.05 Å². The van der Waals surface area contributed by atoms with Crippen LogP contribution in [0.25, 0.3) is 0 Å². The van der Waals surface area contributed by atoms with E-state index in [9.17, 15) is 13.2 Å². The number of aryl methyl sites for hydroxylation is 2. The molecule has 0 unspecified atom stereocenters. The zero-order valence-electron chi connectivity index (χ0n) is 17.3. The van der Waals surface area contributed by atoms with Crippen LogP contribution >= 0.6 is 11.6 Å². The fourth-order valence-corrected chi connectivity index (χ4v) is 5.17. The van der Waals surface area contributed by atoms with Gasteiger partial charge in [0.2, 0.25) is 5.91 Å². The molecule has 2 aromatic carbocycles. The number of imidazole rings is 1.